The third-order valence-corrected chi connectivity index (χ3v) is 3.51. The van der Waals surface area contributed by atoms with E-state index in [4.69, 9.17) is 10.8 Å². The summed E-state index contributed by atoms with van der Waals surface area (Å²) in [6, 6.07) is 0.164. The lowest BCUT2D eigenvalue weighted by atomic mass is 10.4. The van der Waals surface area contributed by atoms with Gasteiger partial charge < -0.3 is 10.8 Å². The van der Waals surface area contributed by atoms with Crippen molar-refractivity contribution in [2.75, 3.05) is 5.75 Å². The largest absolute Gasteiger partial charge is 0.476 e. The van der Waals surface area contributed by atoms with Crippen molar-refractivity contribution in [1.82, 2.24) is 4.98 Å². The van der Waals surface area contributed by atoms with Crippen LogP contribution in [0, 0.1) is 0 Å². The lowest BCUT2D eigenvalue weighted by molar-refractivity contribution is 0.0696. The summed E-state index contributed by atoms with van der Waals surface area (Å²) in [5.41, 5.74) is 6.39. The van der Waals surface area contributed by atoms with Crippen molar-refractivity contribution < 1.29 is 9.90 Å². The van der Waals surface area contributed by atoms with E-state index in [1.165, 1.54) is 0 Å². The molecule has 0 aromatic carbocycles. The Kier molecular flexibility index (Phi) is 4.37. The molecule has 1 heterocycles. The maximum atomic E-state index is 10.5. The summed E-state index contributed by atoms with van der Waals surface area (Å²) in [4.78, 5) is 14.5. The Labute approximate surface area is 90.5 Å². The minimum absolute atomic E-state index is 0.154. The van der Waals surface area contributed by atoms with Crippen LogP contribution in [-0.4, -0.2) is 27.9 Å². The molecule has 0 aliphatic carbocycles. The Hall–Kier alpha value is -0.590. The average molecular weight is 232 g/mol. The maximum Gasteiger partial charge on any atom is 0.365 e. The first-order valence-electron chi connectivity index (χ1n) is 4.10. The predicted molar refractivity (Wildman–Crippen MR) is 58.9 cm³/mol. The van der Waals surface area contributed by atoms with Gasteiger partial charge >= 0.3 is 5.97 Å². The highest BCUT2D eigenvalue weighted by Gasteiger charge is 2.08. The van der Waals surface area contributed by atoms with E-state index in [0.717, 1.165) is 28.5 Å². The molecular weight excluding hydrogens is 220 g/mol. The van der Waals surface area contributed by atoms with Gasteiger partial charge in [-0.15, -0.1) is 11.3 Å². The fourth-order valence-electron chi connectivity index (χ4n) is 0.821. The number of nitrogens with zero attached hydrogens (tertiary/aromatic N) is 1. The highest BCUT2D eigenvalue weighted by atomic mass is 32.2. The van der Waals surface area contributed by atoms with Gasteiger partial charge in [0.25, 0.3) is 0 Å². The highest BCUT2D eigenvalue weighted by Crippen LogP contribution is 2.16. The van der Waals surface area contributed by atoms with Gasteiger partial charge in [0, 0.05) is 22.9 Å². The Balaban J connectivity index is 2.40. The fraction of sp³-hybridized carbons (Fsp3) is 0.500. The van der Waals surface area contributed by atoms with E-state index < -0.39 is 5.97 Å². The normalized spacial score (nSPS) is 12.7. The molecule has 1 unspecified atom stereocenters. The number of thiazole rings is 1. The van der Waals surface area contributed by atoms with Gasteiger partial charge in [-0.2, -0.15) is 11.8 Å². The number of aromatic nitrogens is 1. The molecule has 3 N–H and O–H groups in total. The van der Waals surface area contributed by atoms with Crippen molar-refractivity contribution >= 4 is 29.1 Å². The molecule has 0 aliphatic rings. The number of hydrogen-bond acceptors (Lipinski definition) is 5. The summed E-state index contributed by atoms with van der Waals surface area (Å²) >= 11 is 2.83. The molecule has 6 heteroatoms. The minimum Gasteiger partial charge on any atom is -0.476 e. The molecule has 0 fully saturated rings. The monoisotopic (exact) mass is 232 g/mol. The van der Waals surface area contributed by atoms with Crippen LogP contribution in [0.5, 0.6) is 0 Å². The summed E-state index contributed by atoms with van der Waals surface area (Å²) in [5, 5.41) is 10.6. The lowest BCUT2D eigenvalue weighted by Gasteiger charge is -2.01. The van der Waals surface area contributed by atoms with Crippen LogP contribution < -0.4 is 5.73 Å². The molecule has 1 aromatic rings. The van der Waals surface area contributed by atoms with Crippen molar-refractivity contribution in [3.05, 3.63) is 16.1 Å². The number of carbonyl (C=O) groups is 1. The van der Waals surface area contributed by atoms with Gasteiger partial charge in [-0.05, 0) is 6.92 Å². The van der Waals surface area contributed by atoms with Crippen molar-refractivity contribution in [3.63, 3.8) is 0 Å². The molecule has 0 saturated carbocycles. The first-order chi connectivity index (χ1) is 6.59. The second-order valence-corrected chi connectivity index (χ2v) is 4.83. The highest BCUT2D eigenvalue weighted by molar-refractivity contribution is 7.98. The Morgan fingerprint density at radius 3 is 3.07 bits per heavy atom. The average Bonchev–Trinajstić information content (AvgIpc) is 2.52. The maximum absolute atomic E-state index is 10.5. The van der Waals surface area contributed by atoms with Crippen LogP contribution in [0.1, 0.15) is 22.4 Å². The van der Waals surface area contributed by atoms with E-state index in [1.807, 2.05) is 6.92 Å². The molecule has 0 saturated heterocycles. The molecule has 4 nitrogen and oxygen atoms in total. The Bertz CT molecular complexity index is 312. The van der Waals surface area contributed by atoms with Gasteiger partial charge in [0.15, 0.2) is 0 Å². The molecule has 0 amide bonds. The van der Waals surface area contributed by atoms with E-state index in [0.29, 0.717) is 0 Å². The van der Waals surface area contributed by atoms with Gasteiger partial charge in [-0.25, -0.2) is 9.78 Å². The third kappa shape index (κ3) is 3.65. The number of thioether (sulfide) groups is 1. The quantitative estimate of drug-likeness (QED) is 0.803. The van der Waals surface area contributed by atoms with Gasteiger partial charge in [-0.3, -0.25) is 0 Å². The van der Waals surface area contributed by atoms with Crippen molar-refractivity contribution in [2.45, 2.75) is 18.7 Å². The molecule has 78 valence electrons. The van der Waals surface area contributed by atoms with Crippen molar-refractivity contribution in [3.8, 4) is 0 Å². The van der Waals surface area contributed by atoms with Crippen molar-refractivity contribution in [2.24, 2.45) is 5.73 Å². The topological polar surface area (TPSA) is 76.2 Å². The molecule has 0 spiro atoms. The van der Waals surface area contributed by atoms with Crippen LogP contribution in [0.3, 0.4) is 0 Å². The van der Waals surface area contributed by atoms with Crippen LogP contribution in [0.4, 0.5) is 0 Å². The van der Waals surface area contributed by atoms with E-state index in [-0.39, 0.29) is 11.0 Å². The summed E-state index contributed by atoms with van der Waals surface area (Å²) in [7, 11) is 0. The molecule has 0 bridgehead atoms. The van der Waals surface area contributed by atoms with Gasteiger partial charge in [0.2, 0.25) is 5.01 Å². The first kappa shape index (κ1) is 11.5. The fourth-order valence-corrected chi connectivity index (χ4v) is 2.43. The SMILES string of the molecule is CC(N)CSCc1csc(C(=O)O)n1. The van der Waals surface area contributed by atoms with Gasteiger partial charge in [-0.1, -0.05) is 0 Å². The van der Waals surface area contributed by atoms with E-state index >= 15 is 0 Å². The van der Waals surface area contributed by atoms with Crippen LogP contribution in [-0.2, 0) is 5.75 Å². The molecular formula is C8H12N2O2S2. The number of aromatic carboxylic acids is 1. The second kappa shape index (κ2) is 5.33. The zero-order valence-corrected chi connectivity index (χ0v) is 9.40. The zero-order valence-electron chi connectivity index (χ0n) is 7.77. The molecule has 1 aromatic heterocycles. The van der Waals surface area contributed by atoms with Crippen molar-refractivity contribution in [1.29, 1.82) is 0 Å². The molecule has 1 atom stereocenters. The number of carboxylic acids is 1. The molecule has 0 radical (unpaired) electrons. The summed E-state index contributed by atoms with van der Waals surface area (Å²) in [6.07, 6.45) is 0. The van der Waals surface area contributed by atoms with E-state index in [9.17, 15) is 4.79 Å². The van der Waals surface area contributed by atoms with E-state index in [1.54, 1.807) is 17.1 Å². The molecule has 14 heavy (non-hydrogen) atoms. The number of nitrogens with two attached hydrogens (primary N) is 1. The number of hydrogen-bond donors (Lipinski definition) is 2. The molecule has 0 aliphatic heterocycles. The van der Waals surface area contributed by atoms with Crippen LogP contribution >= 0.6 is 23.1 Å². The summed E-state index contributed by atoms with van der Waals surface area (Å²) in [6.45, 7) is 1.94. The summed E-state index contributed by atoms with van der Waals surface area (Å²) < 4.78 is 0. The Morgan fingerprint density at radius 1 is 1.86 bits per heavy atom. The summed E-state index contributed by atoms with van der Waals surface area (Å²) in [5.74, 6) is 0.629. The van der Waals surface area contributed by atoms with Crippen LogP contribution in [0.25, 0.3) is 0 Å². The second-order valence-electron chi connectivity index (χ2n) is 2.94. The number of rotatable bonds is 5. The number of carboxylic acid groups (broad SMARTS) is 1. The van der Waals surface area contributed by atoms with Crippen LogP contribution in [0.2, 0.25) is 0 Å². The van der Waals surface area contributed by atoms with E-state index in [2.05, 4.69) is 4.98 Å². The van der Waals surface area contributed by atoms with Crippen LogP contribution in [0.15, 0.2) is 5.38 Å². The minimum atomic E-state index is -0.960. The smallest absolute Gasteiger partial charge is 0.365 e. The first-order valence-corrected chi connectivity index (χ1v) is 6.14. The third-order valence-electron chi connectivity index (χ3n) is 1.37. The Morgan fingerprint density at radius 2 is 2.57 bits per heavy atom. The predicted octanol–water partition coefficient (Wildman–Crippen LogP) is 1.42. The standard InChI is InChI=1S/C8H12N2O2S2/c1-5(9)2-13-3-6-4-14-7(10-6)8(11)12/h4-5H,2-3,9H2,1H3,(H,11,12). The lowest BCUT2D eigenvalue weighted by Crippen LogP contribution is -2.17. The van der Waals surface area contributed by atoms with Gasteiger partial charge in [0.05, 0.1) is 5.69 Å². The zero-order chi connectivity index (χ0) is 10.6. The molecule has 1 rings (SSSR count). The van der Waals surface area contributed by atoms with Gasteiger partial charge in [0.1, 0.15) is 0 Å².